The van der Waals surface area contributed by atoms with E-state index in [0.29, 0.717) is 19.5 Å². The highest BCUT2D eigenvalue weighted by atomic mass is 16.3. The molecule has 0 aliphatic carbocycles. The van der Waals surface area contributed by atoms with Crippen molar-refractivity contribution in [2.24, 2.45) is 5.92 Å². The number of rotatable bonds is 4. The largest absolute Gasteiger partial charge is 0.391 e. The predicted octanol–water partition coefficient (Wildman–Crippen LogP) is 0.285. The first-order chi connectivity index (χ1) is 10.5. The molecule has 2 aromatic rings. The van der Waals surface area contributed by atoms with E-state index in [4.69, 9.17) is 0 Å². The molecule has 0 bridgehead atoms. The number of aromatic amines is 1. The van der Waals surface area contributed by atoms with Gasteiger partial charge in [-0.15, -0.1) is 0 Å². The maximum atomic E-state index is 12.4. The number of amides is 1. The lowest BCUT2D eigenvalue weighted by Crippen LogP contribution is -2.32. The summed E-state index contributed by atoms with van der Waals surface area (Å²) in [5.41, 5.74) is 1.94. The molecule has 1 fully saturated rings. The maximum Gasteiger partial charge on any atom is 0.242 e. The normalized spacial score (nSPS) is 21.5. The van der Waals surface area contributed by atoms with E-state index in [9.17, 15) is 9.90 Å². The number of aliphatic hydroxyl groups excluding tert-OH is 1. The van der Waals surface area contributed by atoms with Crippen molar-refractivity contribution < 1.29 is 9.90 Å². The molecule has 1 aliphatic heterocycles. The third-order valence-electron chi connectivity index (χ3n) is 4.22. The first kappa shape index (κ1) is 14.8. The minimum absolute atomic E-state index is 0.0147. The van der Waals surface area contributed by atoms with Gasteiger partial charge in [0, 0.05) is 37.1 Å². The summed E-state index contributed by atoms with van der Waals surface area (Å²) in [5, 5.41) is 17.3. The number of nitrogens with one attached hydrogen (secondary N) is 1. The Hall–Kier alpha value is -2.15. The van der Waals surface area contributed by atoms with Crippen molar-refractivity contribution in [3.63, 3.8) is 0 Å². The van der Waals surface area contributed by atoms with Crippen LogP contribution in [0.4, 0.5) is 0 Å². The second-order valence-corrected chi connectivity index (χ2v) is 5.97. The SMILES string of the molecule is Cc1cc(C[C@@H]2CN(C(=O)Cn3ccnc3C)C[C@@H]2O)n[nH]1. The maximum absolute atomic E-state index is 12.4. The molecule has 7 nitrogen and oxygen atoms in total. The first-order valence-electron chi connectivity index (χ1n) is 7.47. The molecule has 1 saturated heterocycles. The molecule has 1 amide bonds. The number of carbonyl (C=O) groups excluding carboxylic acids is 1. The number of carbonyl (C=O) groups is 1. The zero-order valence-electron chi connectivity index (χ0n) is 12.9. The summed E-state index contributed by atoms with van der Waals surface area (Å²) in [4.78, 5) is 18.2. The number of nitrogens with zero attached hydrogens (tertiary/aromatic N) is 4. The Morgan fingerprint density at radius 1 is 1.45 bits per heavy atom. The Bertz CT molecular complexity index is 662. The number of aryl methyl sites for hydroxylation is 2. The minimum atomic E-state index is -0.496. The number of H-pyrrole nitrogens is 1. The summed E-state index contributed by atoms with van der Waals surface area (Å²) in [6, 6.07) is 1.98. The standard InChI is InChI=1S/C15H21N5O2/c1-10-5-13(18-17-10)6-12-7-20(8-14(12)21)15(22)9-19-4-3-16-11(19)2/h3-5,12,14,21H,6-9H2,1-2H3,(H,17,18)/t12-,14+/m1/s1. The lowest BCUT2D eigenvalue weighted by molar-refractivity contribution is -0.131. The Morgan fingerprint density at radius 3 is 2.91 bits per heavy atom. The Morgan fingerprint density at radius 2 is 2.27 bits per heavy atom. The van der Waals surface area contributed by atoms with Gasteiger partial charge in [-0.05, 0) is 26.3 Å². The van der Waals surface area contributed by atoms with Gasteiger partial charge in [-0.3, -0.25) is 9.89 Å². The highest BCUT2D eigenvalue weighted by Gasteiger charge is 2.34. The summed E-state index contributed by atoms with van der Waals surface area (Å²) in [5.74, 6) is 0.869. The van der Waals surface area contributed by atoms with Crippen LogP contribution < -0.4 is 0 Å². The second-order valence-electron chi connectivity index (χ2n) is 5.97. The molecule has 3 heterocycles. The number of aromatic nitrogens is 4. The van der Waals surface area contributed by atoms with Crippen LogP contribution in [0.15, 0.2) is 18.5 Å². The van der Waals surface area contributed by atoms with E-state index in [1.54, 1.807) is 17.3 Å². The number of hydrogen-bond donors (Lipinski definition) is 2. The summed E-state index contributed by atoms with van der Waals surface area (Å²) in [6.45, 7) is 5.05. The average molecular weight is 303 g/mol. The molecule has 2 atom stereocenters. The van der Waals surface area contributed by atoms with E-state index in [1.165, 1.54) is 0 Å². The zero-order valence-corrected chi connectivity index (χ0v) is 12.9. The van der Waals surface area contributed by atoms with Crippen molar-refractivity contribution in [2.75, 3.05) is 13.1 Å². The monoisotopic (exact) mass is 303 g/mol. The molecule has 0 saturated carbocycles. The second kappa shape index (κ2) is 5.92. The van der Waals surface area contributed by atoms with E-state index >= 15 is 0 Å². The minimum Gasteiger partial charge on any atom is -0.391 e. The van der Waals surface area contributed by atoms with E-state index in [-0.39, 0.29) is 18.4 Å². The molecule has 0 spiro atoms. The number of β-amino-alcohol motifs (C(OH)–C–C–N with tert-alkyl or cyclic N) is 1. The molecule has 0 unspecified atom stereocenters. The molecule has 0 radical (unpaired) electrons. The molecule has 22 heavy (non-hydrogen) atoms. The summed E-state index contributed by atoms with van der Waals surface area (Å²) in [6.07, 6.45) is 3.66. The van der Waals surface area contributed by atoms with Crippen LogP contribution in [0, 0.1) is 19.8 Å². The first-order valence-corrected chi connectivity index (χ1v) is 7.47. The fourth-order valence-corrected chi connectivity index (χ4v) is 2.92. The van der Waals surface area contributed by atoms with Crippen LogP contribution >= 0.6 is 0 Å². The van der Waals surface area contributed by atoms with E-state index < -0.39 is 6.10 Å². The summed E-state index contributed by atoms with van der Waals surface area (Å²) < 4.78 is 1.82. The van der Waals surface area contributed by atoms with Crippen LogP contribution in [-0.2, 0) is 17.8 Å². The third kappa shape index (κ3) is 3.04. The van der Waals surface area contributed by atoms with E-state index in [1.807, 2.05) is 24.5 Å². The quantitative estimate of drug-likeness (QED) is 0.849. The lowest BCUT2D eigenvalue weighted by Gasteiger charge is -2.16. The lowest BCUT2D eigenvalue weighted by atomic mass is 10.0. The van der Waals surface area contributed by atoms with Crippen LogP contribution in [0.25, 0.3) is 0 Å². The van der Waals surface area contributed by atoms with Crippen LogP contribution in [0.1, 0.15) is 17.2 Å². The topological polar surface area (TPSA) is 87.0 Å². The van der Waals surface area contributed by atoms with Gasteiger partial charge in [0.25, 0.3) is 0 Å². The van der Waals surface area contributed by atoms with Crippen LogP contribution in [0.2, 0.25) is 0 Å². The van der Waals surface area contributed by atoms with Crippen molar-refractivity contribution in [2.45, 2.75) is 32.9 Å². The molecular formula is C15H21N5O2. The fraction of sp³-hybridized carbons (Fsp3) is 0.533. The van der Waals surface area contributed by atoms with Crippen molar-refractivity contribution in [3.8, 4) is 0 Å². The molecule has 118 valence electrons. The van der Waals surface area contributed by atoms with Crippen LogP contribution in [-0.4, -0.2) is 54.9 Å². The molecule has 2 aromatic heterocycles. The average Bonchev–Trinajstić information content (AvgIpc) is 3.15. The third-order valence-corrected chi connectivity index (χ3v) is 4.22. The number of aliphatic hydroxyl groups is 1. The number of likely N-dealkylation sites (tertiary alicyclic amines) is 1. The van der Waals surface area contributed by atoms with Crippen molar-refractivity contribution in [3.05, 3.63) is 35.7 Å². The van der Waals surface area contributed by atoms with Gasteiger partial charge >= 0.3 is 0 Å². The van der Waals surface area contributed by atoms with E-state index in [2.05, 4.69) is 15.2 Å². The van der Waals surface area contributed by atoms with Gasteiger partial charge in [-0.25, -0.2) is 4.98 Å². The Kier molecular flexibility index (Phi) is 3.98. The molecule has 2 N–H and O–H groups in total. The summed E-state index contributed by atoms with van der Waals surface area (Å²) in [7, 11) is 0. The van der Waals surface area contributed by atoms with Crippen LogP contribution in [0.3, 0.4) is 0 Å². The van der Waals surface area contributed by atoms with Gasteiger partial charge in [0.2, 0.25) is 5.91 Å². The van der Waals surface area contributed by atoms with Crippen molar-refractivity contribution in [1.29, 1.82) is 0 Å². The highest BCUT2D eigenvalue weighted by Crippen LogP contribution is 2.21. The number of hydrogen-bond acceptors (Lipinski definition) is 4. The van der Waals surface area contributed by atoms with Gasteiger partial charge < -0.3 is 14.6 Å². The highest BCUT2D eigenvalue weighted by molar-refractivity contribution is 5.76. The smallest absolute Gasteiger partial charge is 0.242 e. The molecule has 1 aliphatic rings. The van der Waals surface area contributed by atoms with Gasteiger partial charge in [0.15, 0.2) is 0 Å². The van der Waals surface area contributed by atoms with Crippen LogP contribution in [0.5, 0.6) is 0 Å². The Labute approximate surface area is 129 Å². The van der Waals surface area contributed by atoms with Crippen molar-refractivity contribution in [1.82, 2.24) is 24.6 Å². The summed E-state index contributed by atoms with van der Waals surface area (Å²) >= 11 is 0. The molecule has 3 rings (SSSR count). The van der Waals surface area contributed by atoms with Gasteiger partial charge in [-0.1, -0.05) is 0 Å². The number of imidazole rings is 1. The fourth-order valence-electron chi connectivity index (χ4n) is 2.92. The van der Waals surface area contributed by atoms with Gasteiger partial charge in [0.05, 0.1) is 11.8 Å². The molecular weight excluding hydrogens is 282 g/mol. The molecule has 7 heteroatoms. The van der Waals surface area contributed by atoms with Gasteiger partial charge in [0.1, 0.15) is 12.4 Å². The van der Waals surface area contributed by atoms with E-state index in [0.717, 1.165) is 17.2 Å². The van der Waals surface area contributed by atoms with Crippen molar-refractivity contribution >= 4 is 5.91 Å². The molecule has 0 aromatic carbocycles. The van der Waals surface area contributed by atoms with Gasteiger partial charge in [-0.2, -0.15) is 5.10 Å². The zero-order chi connectivity index (χ0) is 15.7. The Balaban J connectivity index is 1.60. The predicted molar refractivity (Wildman–Crippen MR) is 80.1 cm³/mol.